The molecule has 2 aromatic rings. The van der Waals surface area contributed by atoms with Gasteiger partial charge in [0, 0.05) is 6.07 Å². The van der Waals surface area contributed by atoms with E-state index < -0.39 is 5.78 Å². The fraction of sp³-hybridized carbons (Fsp3) is 0.188. The van der Waals surface area contributed by atoms with Gasteiger partial charge in [0.05, 0.1) is 21.2 Å². The Morgan fingerprint density at radius 3 is 2.14 bits per heavy atom. The number of hydrogen-bond donors (Lipinski definition) is 2. The van der Waals surface area contributed by atoms with Crippen LogP contribution >= 0.6 is 23.2 Å². The average Bonchev–Trinajstić information content (AvgIpc) is 2.37. The van der Waals surface area contributed by atoms with Crippen molar-refractivity contribution in [3.8, 4) is 11.5 Å². The van der Waals surface area contributed by atoms with E-state index in [9.17, 15) is 15.0 Å². The van der Waals surface area contributed by atoms with Crippen LogP contribution in [0.25, 0.3) is 0 Å². The van der Waals surface area contributed by atoms with Gasteiger partial charge in [0.25, 0.3) is 0 Å². The molecule has 0 saturated heterocycles. The van der Waals surface area contributed by atoms with Crippen molar-refractivity contribution in [2.24, 2.45) is 0 Å². The van der Waals surface area contributed by atoms with E-state index >= 15 is 0 Å². The largest absolute Gasteiger partial charge is 0.508 e. The van der Waals surface area contributed by atoms with Gasteiger partial charge in [0.15, 0.2) is 5.78 Å². The lowest BCUT2D eigenvalue weighted by atomic mass is 9.95. The van der Waals surface area contributed by atoms with Gasteiger partial charge in [-0.05, 0) is 29.7 Å². The minimum absolute atomic E-state index is 0.00105. The quantitative estimate of drug-likeness (QED) is 0.800. The summed E-state index contributed by atoms with van der Waals surface area (Å²) in [6.07, 6.45) is 0. The SMILES string of the molecule is CC(C)c1cc(C(=O)c2c(Cl)cccc2Cl)c(O)cc1O. The van der Waals surface area contributed by atoms with Gasteiger partial charge < -0.3 is 10.2 Å². The maximum atomic E-state index is 12.6. The second-order valence-corrected chi connectivity index (χ2v) is 5.82. The highest BCUT2D eigenvalue weighted by Gasteiger charge is 2.22. The Morgan fingerprint density at radius 1 is 1.05 bits per heavy atom. The highest BCUT2D eigenvalue weighted by Crippen LogP contribution is 2.35. The number of hydrogen-bond acceptors (Lipinski definition) is 3. The third-order valence-electron chi connectivity index (χ3n) is 3.20. The van der Waals surface area contributed by atoms with Crippen LogP contribution in [0.5, 0.6) is 11.5 Å². The molecule has 0 amide bonds. The zero-order valence-corrected chi connectivity index (χ0v) is 13.0. The van der Waals surface area contributed by atoms with Crippen LogP contribution in [-0.4, -0.2) is 16.0 Å². The summed E-state index contributed by atoms with van der Waals surface area (Å²) in [7, 11) is 0. The predicted molar refractivity (Wildman–Crippen MR) is 83.8 cm³/mol. The summed E-state index contributed by atoms with van der Waals surface area (Å²) in [5.41, 5.74) is 0.766. The summed E-state index contributed by atoms with van der Waals surface area (Å²) in [6, 6.07) is 7.38. The van der Waals surface area contributed by atoms with Crippen LogP contribution in [0.3, 0.4) is 0 Å². The molecule has 0 unspecified atom stereocenters. The summed E-state index contributed by atoms with van der Waals surface area (Å²) >= 11 is 12.0. The first kappa shape index (κ1) is 15.7. The second kappa shape index (κ2) is 5.96. The van der Waals surface area contributed by atoms with Crippen LogP contribution in [0.4, 0.5) is 0 Å². The molecule has 2 rings (SSSR count). The number of phenols is 2. The van der Waals surface area contributed by atoms with Crippen molar-refractivity contribution in [2.75, 3.05) is 0 Å². The van der Waals surface area contributed by atoms with Crippen molar-refractivity contribution in [1.82, 2.24) is 0 Å². The fourth-order valence-electron chi connectivity index (χ4n) is 2.09. The van der Waals surface area contributed by atoms with Gasteiger partial charge in [0.2, 0.25) is 0 Å². The molecular formula is C16H14Cl2O3. The highest BCUT2D eigenvalue weighted by molar-refractivity contribution is 6.41. The molecule has 0 spiro atoms. The standard InChI is InChI=1S/C16H14Cl2O3/c1-8(2)9-6-10(14(20)7-13(9)19)16(21)15-11(17)4-3-5-12(15)18/h3-8,19-20H,1-2H3. The molecule has 0 aromatic heterocycles. The summed E-state index contributed by atoms with van der Waals surface area (Å²) in [5, 5.41) is 20.2. The van der Waals surface area contributed by atoms with Gasteiger partial charge >= 0.3 is 0 Å². The predicted octanol–water partition coefficient (Wildman–Crippen LogP) is 4.76. The first-order valence-electron chi connectivity index (χ1n) is 6.37. The second-order valence-electron chi connectivity index (χ2n) is 5.01. The van der Waals surface area contributed by atoms with E-state index in [0.717, 1.165) is 6.07 Å². The van der Waals surface area contributed by atoms with Crippen molar-refractivity contribution in [1.29, 1.82) is 0 Å². The van der Waals surface area contributed by atoms with Gasteiger partial charge in [-0.2, -0.15) is 0 Å². The summed E-state index contributed by atoms with van der Waals surface area (Å²) < 4.78 is 0. The molecule has 0 saturated carbocycles. The Bertz CT molecular complexity index is 689. The van der Waals surface area contributed by atoms with Crippen molar-refractivity contribution in [3.05, 3.63) is 57.1 Å². The Kier molecular flexibility index (Phi) is 4.45. The van der Waals surface area contributed by atoms with E-state index in [-0.39, 0.29) is 38.6 Å². The molecule has 0 fully saturated rings. The molecule has 0 heterocycles. The normalized spacial score (nSPS) is 10.9. The van der Waals surface area contributed by atoms with Gasteiger partial charge in [-0.25, -0.2) is 0 Å². The molecule has 0 bridgehead atoms. The van der Waals surface area contributed by atoms with Crippen molar-refractivity contribution >= 4 is 29.0 Å². The molecule has 0 atom stereocenters. The molecule has 3 nitrogen and oxygen atoms in total. The molecule has 21 heavy (non-hydrogen) atoms. The first-order valence-corrected chi connectivity index (χ1v) is 7.13. The lowest BCUT2D eigenvalue weighted by molar-refractivity contribution is 0.103. The molecule has 2 N–H and O–H groups in total. The lowest BCUT2D eigenvalue weighted by Gasteiger charge is -2.13. The van der Waals surface area contributed by atoms with Gasteiger partial charge in [-0.15, -0.1) is 0 Å². The van der Waals surface area contributed by atoms with Gasteiger partial charge in [-0.1, -0.05) is 43.1 Å². The van der Waals surface area contributed by atoms with Crippen molar-refractivity contribution in [2.45, 2.75) is 19.8 Å². The molecular weight excluding hydrogens is 311 g/mol. The van der Waals surface area contributed by atoms with E-state index in [1.807, 2.05) is 13.8 Å². The molecule has 0 aliphatic rings. The topological polar surface area (TPSA) is 57.5 Å². The average molecular weight is 325 g/mol. The minimum Gasteiger partial charge on any atom is -0.508 e. The Morgan fingerprint density at radius 2 is 1.62 bits per heavy atom. The zero-order chi connectivity index (χ0) is 15.7. The van der Waals surface area contributed by atoms with E-state index in [0.29, 0.717) is 5.56 Å². The maximum absolute atomic E-state index is 12.6. The van der Waals surface area contributed by atoms with Crippen LogP contribution in [0.1, 0.15) is 41.3 Å². The molecule has 0 aliphatic heterocycles. The zero-order valence-electron chi connectivity index (χ0n) is 11.5. The number of aromatic hydroxyl groups is 2. The van der Waals surface area contributed by atoms with E-state index in [1.165, 1.54) is 6.07 Å². The van der Waals surface area contributed by atoms with Gasteiger partial charge in [0.1, 0.15) is 11.5 Å². The van der Waals surface area contributed by atoms with E-state index in [2.05, 4.69) is 0 Å². The summed E-state index contributed by atoms with van der Waals surface area (Å²) in [5.74, 6) is -0.842. The monoisotopic (exact) mass is 324 g/mol. The van der Waals surface area contributed by atoms with Crippen LogP contribution in [0, 0.1) is 0 Å². The van der Waals surface area contributed by atoms with E-state index in [1.54, 1.807) is 18.2 Å². The maximum Gasteiger partial charge on any atom is 0.199 e. The fourth-order valence-corrected chi connectivity index (χ4v) is 2.66. The number of halogens is 2. The van der Waals surface area contributed by atoms with Gasteiger partial charge in [-0.3, -0.25) is 4.79 Å². The Balaban J connectivity index is 2.61. The molecule has 0 aliphatic carbocycles. The smallest absolute Gasteiger partial charge is 0.199 e. The number of carbonyl (C=O) groups excluding carboxylic acids is 1. The van der Waals surface area contributed by atoms with E-state index in [4.69, 9.17) is 23.2 Å². The number of rotatable bonds is 3. The molecule has 110 valence electrons. The third kappa shape index (κ3) is 2.99. The lowest BCUT2D eigenvalue weighted by Crippen LogP contribution is -2.05. The van der Waals surface area contributed by atoms with Crippen molar-refractivity contribution < 1.29 is 15.0 Å². The van der Waals surface area contributed by atoms with Crippen molar-refractivity contribution in [3.63, 3.8) is 0 Å². The van der Waals surface area contributed by atoms with Crippen LogP contribution in [-0.2, 0) is 0 Å². The molecule has 0 radical (unpaired) electrons. The summed E-state index contributed by atoms with van der Waals surface area (Å²) in [4.78, 5) is 12.6. The number of benzene rings is 2. The third-order valence-corrected chi connectivity index (χ3v) is 3.83. The summed E-state index contributed by atoms with van der Waals surface area (Å²) in [6.45, 7) is 3.76. The molecule has 5 heteroatoms. The molecule has 2 aromatic carbocycles. The van der Waals surface area contributed by atoms with Crippen LogP contribution in [0.2, 0.25) is 10.0 Å². The Labute approximate surface area is 132 Å². The van der Waals surface area contributed by atoms with Crippen LogP contribution in [0.15, 0.2) is 30.3 Å². The number of carbonyl (C=O) groups is 1. The van der Waals surface area contributed by atoms with Crippen LogP contribution < -0.4 is 0 Å². The first-order chi connectivity index (χ1) is 9.82. The Hall–Kier alpha value is -1.71. The highest BCUT2D eigenvalue weighted by atomic mass is 35.5. The minimum atomic E-state index is -0.481. The number of phenolic OH excluding ortho intramolecular Hbond substituents is 2. The number of ketones is 1.